The second kappa shape index (κ2) is 8.85. The highest BCUT2D eigenvalue weighted by molar-refractivity contribution is 5.94. The molecule has 2 aromatic rings. The maximum absolute atomic E-state index is 12.5. The lowest BCUT2D eigenvalue weighted by atomic mass is 9.99. The van der Waals surface area contributed by atoms with Crippen LogP contribution in [0.1, 0.15) is 36.7 Å². The number of hydrogen-bond donors (Lipinski definition) is 1. The van der Waals surface area contributed by atoms with E-state index in [4.69, 9.17) is 4.74 Å². The molecule has 1 amide bonds. The fourth-order valence-electron chi connectivity index (χ4n) is 3.25. The zero-order chi connectivity index (χ0) is 18.4. The van der Waals surface area contributed by atoms with Gasteiger partial charge in [-0.1, -0.05) is 25.1 Å². The van der Waals surface area contributed by atoms with Crippen LogP contribution in [0.15, 0.2) is 36.5 Å². The maximum Gasteiger partial charge on any atom is 0.275 e. The average Bonchev–Trinajstić information content (AvgIpc) is 3.12. The number of likely N-dealkylation sites (tertiary alicyclic amines) is 1. The van der Waals surface area contributed by atoms with Crippen molar-refractivity contribution in [1.29, 1.82) is 0 Å². The van der Waals surface area contributed by atoms with Crippen molar-refractivity contribution in [2.75, 3.05) is 33.3 Å². The second-order valence-corrected chi connectivity index (χ2v) is 6.96. The molecule has 1 N–H and O–H groups in total. The summed E-state index contributed by atoms with van der Waals surface area (Å²) >= 11 is 0. The first kappa shape index (κ1) is 18.5. The number of ether oxygens (including phenoxy) is 1. The van der Waals surface area contributed by atoms with Crippen LogP contribution in [-0.2, 0) is 0 Å². The number of methoxy groups -OCH3 is 1. The molecule has 1 aromatic carbocycles. The minimum Gasteiger partial charge on any atom is -0.493 e. The number of nitrogens with zero attached hydrogens (tertiary/aromatic N) is 3. The number of nitrogens with one attached hydrogen (secondary N) is 1. The molecule has 2 heterocycles. The Labute approximate surface area is 155 Å². The molecule has 140 valence electrons. The molecule has 1 aliphatic heterocycles. The first-order valence-corrected chi connectivity index (χ1v) is 9.37. The number of para-hydroxylation sites is 1. The molecule has 6 heteroatoms. The molecule has 1 aliphatic rings. The minimum absolute atomic E-state index is 0.191. The van der Waals surface area contributed by atoms with Gasteiger partial charge in [-0.25, -0.2) is 4.68 Å². The van der Waals surface area contributed by atoms with E-state index in [1.807, 2.05) is 30.3 Å². The van der Waals surface area contributed by atoms with Gasteiger partial charge in [0.2, 0.25) is 0 Å². The second-order valence-electron chi connectivity index (χ2n) is 6.96. The zero-order valence-corrected chi connectivity index (χ0v) is 15.6. The normalized spacial score (nSPS) is 15.8. The van der Waals surface area contributed by atoms with Crippen molar-refractivity contribution < 1.29 is 9.53 Å². The average molecular weight is 356 g/mol. The highest BCUT2D eigenvalue weighted by Crippen LogP contribution is 2.19. The molecule has 0 atom stereocenters. The fraction of sp³-hybridized carbons (Fsp3) is 0.500. The van der Waals surface area contributed by atoms with Crippen LogP contribution in [0.4, 0.5) is 0 Å². The van der Waals surface area contributed by atoms with E-state index in [2.05, 4.69) is 22.2 Å². The topological polar surface area (TPSA) is 59.4 Å². The van der Waals surface area contributed by atoms with Crippen molar-refractivity contribution in [3.05, 3.63) is 42.2 Å². The van der Waals surface area contributed by atoms with Gasteiger partial charge in [-0.3, -0.25) is 4.79 Å². The molecule has 0 bridgehead atoms. The molecular formula is C20H28N4O2. The van der Waals surface area contributed by atoms with E-state index in [-0.39, 0.29) is 5.91 Å². The zero-order valence-electron chi connectivity index (χ0n) is 15.6. The van der Waals surface area contributed by atoms with Crippen molar-refractivity contribution in [2.45, 2.75) is 26.2 Å². The van der Waals surface area contributed by atoms with E-state index >= 15 is 0 Å². The molecule has 0 aliphatic carbocycles. The van der Waals surface area contributed by atoms with Gasteiger partial charge in [0.05, 0.1) is 19.0 Å². The largest absolute Gasteiger partial charge is 0.493 e. The molecule has 0 saturated carbocycles. The van der Waals surface area contributed by atoms with Gasteiger partial charge >= 0.3 is 0 Å². The summed E-state index contributed by atoms with van der Waals surface area (Å²) in [5.41, 5.74) is 1.22. The van der Waals surface area contributed by atoms with Crippen LogP contribution in [0.2, 0.25) is 0 Å². The highest BCUT2D eigenvalue weighted by Gasteiger charge is 2.18. The first-order chi connectivity index (χ1) is 12.7. The fourth-order valence-corrected chi connectivity index (χ4v) is 3.25. The Balaban J connectivity index is 1.52. The summed E-state index contributed by atoms with van der Waals surface area (Å²) in [7, 11) is 1.56. The van der Waals surface area contributed by atoms with E-state index in [1.165, 1.54) is 25.9 Å². The van der Waals surface area contributed by atoms with Crippen molar-refractivity contribution in [1.82, 2.24) is 20.0 Å². The van der Waals surface area contributed by atoms with Crippen LogP contribution < -0.4 is 10.1 Å². The Kier molecular flexibility index (Phi) is 6.28. The third kappa shape index (κ3) is 4.64. The van der Waals surface area contributed by atoms with E-state index < -0.39 is 0 Å². The number of benzene rings is 1. The summed E-state index contributed by atoms with van der Waals surface area (Å²) in [6, 6.07) is 9.69. The summed E-state index contributed by atoms with van der Waals surface area (Å²) in [5, 5.41) is 7.36. The number of amides is 1. The Morgan fingerprint density at radius 1 is 1.27 bits per heavy atom. The quantitative estimate of drug-likeness (QED) is 0.775. The molecule has 1 saturated heterocycles. The third-order valence-electron chi connectivity index (χ3n) is 4.95. The van der Waals surface area contributed by atoms with Crippen molar-refractivity contribution in [2.24, 2.45) is 5.92 Å². The smallest absolute Gasteiger partial charge is 0.275 e. The molecule has 0 radical (unpaired) electrons. The minimum atomic E-state index is -0.191. The Bertz CT molecular complexity index is 706. The molecule has 1 aromatic heterocycles. The summed E-state index contributed by atoms with van der Waals surface area (Å²) < 4.78 is 7.00. The van der Waals surface area contributed by atoms with E-state index in [0.717, 1.165) is 24.6 Å². The van der Waals surface area contributed by atoms with Crippen molar-refractivity contribution >= 4 is 5.91 Å². The van der Waals surface area contributed by atoms with Crippen LogP contribution in [0.5, 0.6) is 5.75 Å². The Morgan fingerprint density at radius 2 is 2.00 bits per heavy atom. The van der Waals surface area contributed by atoms with Gasteiger partial charge in [0, 0.05) is 6.54 Å². The predicted octanol–water partition coefficient (Wildman–Crippen LogP) is 2.73. The number of aromatic nitrogens is 2. The third-order valence-corrected chi connectivity index (χ3v) is 4.95. The molecule has 3 rings (SSSR count). The van der Waals surface area contributed by atoms with Crippen LogP contribution in [0.3, 0.4) is 0 Å². The predicted molar refractivity (Wildman–Crippen MR) is 102 cm³/mol. The molecule has 26 heavy (non-hydrogen) atoms. The summed E-state index contributed by atoms with van der Waals surface area (Å²) in [4.78, 5) is 15.0. The molecule has 1 fully saturated rings. The number of piperidine rings is 1. The lowest BCUT2D eigenvalue weighted by Crippen LogP contribution is -2.35. The van der Waals surface area contributed by atoms with Crippen LogP contribution in [-0.4, -0.2) is 53.9 Å². The van der Waals surface area contributed by atoms with Gasteiger partial charge in [0.1, 0.15) is 0 Å². The van der Waals surface area contributed by atoms with E-state index in [9.17, 15) is 4.79 Å². The van der Waals surface area contributed by atoms with E-state index in [1.54, 1.807) is 18.0 Å². The van der Waals surface area contributed by atoms with Crippen LogP contribution in [0, 0.1) is 5.92 Å². The SMILES string of the molecule is COc1cn(-c2ccccc2)nc1C(=O)NCCCN1CCC(C)CC1. The maximum atomic E-state index is 12.5. The van der Waals surface area contributed by atoms with Crippen LogP contribution in [0.25, 0.3) is 5.69 Å². The molecule has 6 nitrogen and oxygen atoms in total. The van der Waals surface area contributed by atoms with Gasteiger partial charge in [-0.2, -0.15) is 5.10 Å². The number of hydrogen-bond acceptors (Lipinski definition) is 4. The lowest BCUT2D eigenvalue weighted by molar-refractivity contribution is 0.0942. The van der Waals surface area contributed by atoms with Gasteiger partial charge in [0.25, 0.3) is 5.91 Å². The number of rotatable bonds is 7. The first-order valence-electron chi connectivity index (χ1n) is 9.37. The number of carbonyl (C=O) groups excluding carboxylic acids is 1. The molecule has 0 unspecified atom stereocenters. The van der Waals surface area contributed by atoms with Gasteiger partial charge in [-0.05, 0) is 56.9 Å². The van der Waals surface area contributed by atoms with Crippen molar-refractivity contribution in [3.8, 4) is 11.4 Å². The van der Waals surface area contributed by atoms with Crippen molar-refractivity contribution in [3.63, 3.8) is 0 Å². The summed E-state index contributed by atoms with van der Waals surface area (Å²) in [6.07, 6.45) is 5.24. The highest BCUT2D eigenvalue weighted by atomic mass is 16.5. The monoisotopic (exact) mass is 356 g/mol. The summed E-state index contributed by atoms with van der Waals surface area (Å²) in [5.74, 6) is 1.14. The Morgan fingerprint density at radius 3 is 2.69 bits per heavy atom. The standard InChI is InChI=1S/C20H28N4O2/c1-16-9-13-23(14-10-16)12-6-11-21-20(25)19-18(26-2)15-24(22-19)17-7-4-3-5-8-17/h3-5,7-8,15-16H,6,9-14H2,1-2H3,(H,21,25). The van der Waals surface area contributed by atoms with E-state index in [0.29, 0.717) is 18.0 Å². The molecular weight excluding hydrogens is 328 g/mol. The van der Waals surface area contributed by atoms with Gasteiger partial charge < -0.3 is 15.0 Å². The van der Waals surface area contributed by atoms with Crippen LogP contribution >= 0.6 is 0 Å². The molecule has 0 spiro atoms. The lowest BCUT2D eigenvalue weighted by Gasteiger charge is -2.30. The Hall–Kier alpha value is -2.34. The summed E-state index contributed by atoms with van der Waals surface area (Å²) in [6.45, 7) is 6.34. The number of carbonyl (C=O) groups is 1. The van der Waals surface area contributed by atoms with Gasteiger partial charge in [0.15, 0.2) is 11.4 Å². The van der Waals surface area contributed by atoms with Gasteiger partial charge in [-0.15, -0.1) is 0 Å².